The third-order valence-corrected chi connectivity index (χ3v) is 4.56. The average Bonchev–Trinajstić information content (AvgIpc) is 2.77. The van der Waals surface area contributed by atoms with Crippen molar-refractivity contribution in [1.82, 2.24) is 10.2 Å². The lowest BCUT2D eigenvalue weighted by Gasteiger charge is -2.29. The van der Waals surface area contributed by atoms with Crippen molar-refractivity contribution in [3.05, 3.63) is 35.4 Å². The van der Waals surface area contributed by atoms with Crippen LogP contribution in [0.1, 0.15) is 55.7 Å². The normalized spacial score (nSPS) is 22.8. The zero-order chi connectivity index (χ0) is 13.8. The number of amides is 2. The third kappa shape index (κ3) is 2.97. The van der Waals surface area contributed by atoms with Gasteiger partial charge in [-0.3, -0.25) is 0 Å². The number of rotatable bonds is 1. The number of urea groups is 1. The molecule has 3 nitrogen and oxygen atoms in total. The highest BCUT2D eigenvalue weighted by Gasteiger charge is 2.23. The number of nitrogens with zero attached hydrogens (tertiary/aromatic N) is 1. The number of hydrogen-bond donors (Lipinski definition) is 1. The molecule has 0 aromatic heterocycles. The molecule has 1 aliphatic carbocycles. The third-order valence-electron chi connectivity index (χ3n) is 4.56. The van der Waals surface area contributed by atoms with Crippen molar-refractivity contribution in [2.75, 3.05) is 13.1 Å². The quantitative estimate of drug-likeness (QED) is 0.831. The molecule has 0 saturated carbocycles. The Hall–Kier alpha value is -1.51. The summed E-state index contributed by atoms with van der Waals surface area (Å²) in [6, 6.07) is 8.87. The van der Waals surface area contributed by atoms with Gasteiger partial charge in [0, 0.05) is 13.1 Å². The van der Waals surface area contributed by atoms with E-state index < -0.39 is 0 Å². The van der Waals surface area contributed by atoms with Gasteiger partial charge in [-0.25, -0.2) is 4.79 Å². The molecule has 0 spiro atoms. The lowest BCUT2D eigenvalue weighted by atomic mass is 9.88. The van der Waals surface area contributed by atoms with Crippen LogP contribution < -0.4 is 5.32 Å². The molecule has 1 heterocycles. The Balaban J connectivity index is 1.67. The largest absolute Gasteiger partial charge is 0.331 e. The fraction of sp³-hybridized carbons (Fsp3) is 0.588. The van der Waals surface area contributed by atoms with Gasteiger partial charge in [-0.1, -0.05) is 37.1 Å². The van der Waals surface area contributed by atoms with E-state index in [4.69, 9.17) is 0 Å². The summed E-state index contributed by atoms with van der Waals surface area (Å²) in [5.41, 5.74) is 2.72. The first kappa shape index (κ1) is 13.5. The second-order valence-electron chi connectivity index (χ2n) is 5.99. The maximum atomic E-state index is 12.4. The van der Waals surface area contributed by atoms with Gasteiger partial charge < -0.3 is 10.2 Å². The molecule has 2 aliphatic rings. The van der Waals surface area contributed by atoms with Gasteiger partial charge in [0.25, 0.3) is 0 Å². The molecule has 108 valence electrons. The van der Waals surface area contributed by atoms with Gasteiger partial charge in [0.05, 0.1) is 6.04 Å². The summed E-state index contributed by atoms with van der Waals surface area (Å²) in [5.74, 6) is 0. The van der Waals surface area contributed by atoms with Crippen LogP contribution in [0.2, 0.25) is 0 Å². The maximum Gasteiger partial charge on any atom is 0.317 e. The standard InChI is InChI=1S/C17H24N2O/c20-17(19-12-5-1-2-6-13-19)18-16-11-7-9-14-8-3-4-10-15(14)16/h3-4,8,10,16H,1-2,5-7,9,11-13H2,(H,18,20). The molecule has 3 rings (SSSR count). The molecule has 1 atom stereocenters. The Morgan fingerprint density at radius 3 is 2.60 bits per heavy atom. The van der Waals surface area contributed by atoms with Crippen molar-refractivity contribution in [3.8, 4) is 0 Å². The first-order valence-electron chi connectivity index (χ1n) is 7.98. The summed E-state index contributed by atoms with van der Waals surface area (Å²) in [4.78, 5) is 14.4. The number of carbonyl (C=O) groups is 1. The maximum absolute atomic E-state index is 12.4. The number of hydrogen-bond acceptors (Lipinski definition) is 1. The van der Waals surface area contributed by atoms with Crippen molar-refractivity contribution in [2.24, 2.45) is 0 Å². The van der Waals surface area contributed by atoms with Gasteiger partial charge >= 0.3 is 6.03 Å². The molecule has 0 bridgehead atoms. The minimum absolute atomic E-state index is 0.133. The van der Waals surface area contributed by atoms with Crippen LogP contribution in [-0.2, 0) is 6.42 Å². The van der Waals surface area contributed by atoms with Crippen LogP contribution in [0.4, 0.5) is 4.79 Å². The van der Waals surface area contributed by atoms with Crippen molar-refractivity contribution in [1.29, 1.82) is 0 Å². The van der Waals surface area contributed by atoms with E-state index in [9.17, 15) is 4.79 Å². The fourth-order valence-electron chi connectivity index (χ4n) is 3.42. The zero-order valence-corrected chi connectivity index (χ0v) is 12.1. The van der Waals surface area contributed by atoms with Crippen LogP contribution in [0.3, 0.4) is 0 Å². The number of fused-ring (bicyclic) bond motifs is 1. The predicted octanol–water partition coefficient (Wildman–Crippen LogP) is 3.65. The minimum atomic E-state index is 0.133. The molecule has 1 aromatic carbocycles. The second kappa shape index (κ2) is 6.29. The number of benzene rings is 1. The topological polar surface area (TPSA) is 32.3 Å². The highest BCUT2D eigenvalue weighted by atomic mass is 16.2. The van der Waals surface area contributed by atoms with Crippen LogP contribution in [0, 0.1) is 0 Å². The molecule has 3 heteroatoms. The molecular weight excluding hydrogens is 248 g/mol. The Bertz CT molecular complexity index is 464. The Labute approximate surface area is 121 Å². The van der Waals surface area contributed by atoms with Crippen molar-refractivity contribution < 1.29 is 4.79 Å². The molecule has 2 amide bonds. The van der Waals surface area contributed by atoms with Crippen molar-refractivity contribution in [2.45, 2.75) is 51.0 Å². The monoisotopic (exact) mass is 272 g/mol. The van der Waals surface area contributed by atoms with E-state index in [1.165, 1.54) is 30.4 Å². The van der Waals surface area contributed by atoms with E-state index in [2.05, 4.69) is 29.6 Å². The van der Waals surface area contributed by atoms with E-state index in [1.54, 1.807) is 0 Å². The average molecular weight is 272 g/mol. The molecule has 1 aromatic rings. The highest BCUT2D eigenvalue weighted by molar-refractivity contribution is 5.74. The SMILES string of the molecule is O=C(NC1CCCc2ccccc21)N1CCCCCC1. The van der Waals surface area contributed by atoms with Gasteiger partial charge in [-0.15, -0.1) is 0 Å². The zero-order valence-electron chi connectivity index (χ0n) is 12.1. The summed E-state index contributed by atoms with van der Waals surface area (Å²) in [5, 5.41) is 3.26. The van der Waals surface area contributed by atoms with Crippen LogP contribution >= 0.6 is 0 Å². The van der Waals surface area contributed by atoms with Gasteiger partial charge in [-0.05, 0) is 43.2 Å². The lowest BCUT2D eigenvalue weighted by molar-refractivity contribution is 0.194. The van der Waals surface area contributed by atoms with Crippen molar-refractivity contribution >= 4 is 6.03 Å². The molecule has 1 aliphatic heterocycles. The number of aryl methyl sites for hydroxylation is 1. The lowest BCUT2D eigenvalue weighted by Crippen LogP contribution is -2.42. The van der Waals surface area contributed by atoms with Crippen LogP contribution in [-0.4, -0.2) is 24.0 Å². The Kier molecular flexibility index (Phi) is 4.24. The summed E-state index contributed by atoms with van der Waals surface area (Å²) in [6.07, 6.45) is 8.19. The number of likely N-dealkylation sites (tertiary alicyclic amines) is 1. The van der Waals surface area contributed by atoms with E-state index in [1.807, 2.05) is 4.90 Å². The van der Waals surface area contributed by atoms with Crippen LogP contribution in [0.25, 0.3) is 0 Å². The van der Waals surface area contributed by atoms with Crippen LogP contribution in [0.15, 0.2) is 24.3 Å². The molecule has 1 fully saturated rings. The first-order chi connectivity index (χ1) is 9.84. The number of carbonyl (C=O) groups excluding carboxylic acids is 1. The van der Waals surface area contributed by atoms with Gasteiger partial charge in [-0.2, -0.15) is 0 Å². The summed E-state index contributed by atoms with van der Waals surface area (Å²) in [7, 11) is 0. The van der Waals surface area contributed by atoms with Gasteiger partial charge in [0.1, 0.15) is 0 Å². The highest BCUT2D eigenvalue weighted by Crippen LogP contribution is 2.29. The molecule has 20 heavy (non-hydrogen) atoms. The van der Waals surface area contributed by atoms with E-state index >= 15 is 0 Å². The minimum Gasteiger partial charge on any atom is -0.331 e. The first-order valence-corrected chi connectivity index (χ1v) is 7.98. The molecule has 1 N–H and O–H groups in total. The van der Waals surface area contributed by atoms with Crippen LogP contribution in [0.5, 0.6) is 0 Å². The summed E-state index contributed by atoms with van der Waals surface area (Å²) >= 11 is 0. The van der Waals surface area contributed by atoms with E-state index in [0.717, 1.165) is 38.8 Å². The molecule has 0 radical (unpaired) electrons. The molecular formula is C17H24N2O. The Morgan fingerprint density at radius 1 is 1.05 bits per heavy atom. The van der Waals surface area contributed by atoms with Crippen molar-refractivity contribution in [3.63, 3.8) is 0 Å². The molecule has 1 unspecified atom stereocenters. The summed E-state index contributed by atoms with van der Waals surface area (Å²) < 4.78 is 0. The predicted molar refractivity (Wildman–Crippen MR) is 80.7 cm³/mol. The Morgan fingerprint density at radius 2 is 1.80 bits per heavy atom. The molecule has 1 saturated heterocycles. The smallest absolute Gasteiger partial charge is 0.317 e. The fourth-order valence-corrected chi connectivity index (χ4v) is 3.42. The second-order valence-corrected chi connectivity index (χ2v) is 5.99. The number of nitrogens with one attached hydrogen (secondary N) is 1. The summed E-state index contributed by atoms with van der Waals surface area (Å²) in [6.45, 7) is 1.83. The van der Waals surface area contributed by atoms with Gasteiger partial charge in [0.2, 0.25) is 0 Å². The van der Waals surface area contributed by atoms with Gasteiger partial charge in [0.15, 0.2) is 0 Å². The van der Waals surface area contributed by atoms with E-state index in [0.29, 0.717) is 0 Å². The van der Waals surface area contributed by atoms with E-state index in [-0.39, 0.29) is 12.1 Å².